The lowest BCUT2D eigenvalue weighted by Crippen LogP contribution is -2.34. The molecule has 0 aliphatic rings. The van der Waals surface area contributed by atoms with Gasteiger partial charge in [0.2, 0.25) is 10.0 Å². The Hall–Kier alpha value is -2.98. The van der Waals surface area contributed by atoms with Gasteiger partial charge in [0.1, 0.15) is 5.75 Å². The fraction of sp³-hybridized carbons (Fsp3) is 0.235. The topological polar surface area (TPSA) is 128 Å². The zero-order chi connectivity index (χ0) is 19.9. The molecule has 9 nitrogen and oxygen atoms in total. The van der Waals surface area contributed by atoms with Gasteiger partial charge in [-0.05, 0) is 43.3 Å². The van der Waals surface area contributed by atoms with Crippen molar-refractivity contribution in [1.82, 2.24) is 10.0 Å². The van der Waals surface area contributed by atoms with Crippen molar-refractivity contribution in [3.63, 3.8) is 0 Å². The third-order valence-corrected chi connectivity index (χ3v) is 4.96. The van der Waals surface area contributed by atoms with Crippen LogP contribution >= 0.6 is 0 Å². The van der Waals surface area contributed by atoms with Crippen LogP contribution in [0.4, 0.5) is 5.69 Å². The summed E-state index contributed by atoms with van der Waals surface area (Å²) in [5.74, 6) is 0.317. The molecule has 2 rings (SSSR count). The molecule has 0 fully saturated rings. The molecule has 10 heteroatoms. The molecular weight excluding hydrogens is 374 g/mol. The molecule has 1 amide bonds. The average molecular weight is 393 g/mol. The number of nitrogens with one attached hydrogen (secondary N) is 2. The molecule has 0 saturated carbocycles. The molecule has 0 saturated heterocycles. The molecule has 2 aromatic rings. The van der Waals surface area contributed by atoms with Gasteiger partial charge in [0.25, 0.3) is 11.6 Å². The number of nitro groups is 1. The fourth-order valence-electron chi connectivity index (χ4n) is 2.16. The maximum atomic E-state index is 12.1. The van der Waals surface area contributed by atoms with Gasteiger partial charge < -0.3 is 10.1 Å². The molecule has 0 aromatic heterocycles. The summed E-state index contributed by atoms with van der Waals surface area (Å²) in [7, 11) is -3.82. The van der Waals surface area contributed by atoms with Crippen LogP contribution < -0.4 is 14.8 Å². The number of nitrogens with zero attached hydrogens (tertiary/aromatic N) is 1. The minimum absolute atomic E-state index is 0.0257. The van der Waals surface area contributed by atoms with E-state index in [4.69, 9.17) is 4.74 Å². The van der Waals surface area contributed by atoms with Crippen molar-refractivity contribution >= 4 is 21.6 Å². The largest absolute Gasteiger partial charge is 0.494 e. The van der Waals surface area contributed by atoms with Gasteiger partial charge in [-0.25, -0.2) is 13.1 Å². The molecule has 0 unspecified atom stereocenters. The molecule has 2 aromatic carbocycles. The summed E-state index contributed by atoms with van der Waals surface area (Å²) < 4.78 is 31.9. The quantitative estimate of drug-likeness (QED) is 0.379. The van der Waals surface area contributed by atoms with Crippen LogP contribution in [0.3, 0.4) is 0 Å². The number of amides is 1. The van der Waals surface area contributed by atoms with E-state index in [-0.39, 0.29) is 29.6 Å². The Morgan fingerprint density at radius 1 is 1.07 bits per heavy atom. The van der Waals surface area contributed by atoms with E-state index >= 15 is 0 Å². The SMILES string of the molecule is CCOc1ccc(C(=O)NCCNS(=O)(=O)c2ccc([N+](=O)[O-])cc2)cc1. The van der Waals surface area contributed by atoms with Crippen LogP contribution in [0.2, 0.25) is 0 Å². The van der Waals surface area contributed by atoms with Crippen molar-refractivity contribution in [2.45, 2.75) is 11.8 Å². The lowest BCUT2D eigenvalue weighted by atomic mass is 10.2. The van der Waals surface area contributed by atoms with Crippen LogP contribution in [0.1, 0.15) is 17.3 Å². The third-order valence-electron chi connectivity index (χ3n) is 3.49. The van der Waals surface area contributed by atoms with Crippen LogP contribution in [0, 0.1) is 10.1 Å². The number of nitro benzene ring substituents is 1. The predicted octanol–water partition coefficient (Wildman–Crippen LogP) is 1.70. The highest BCUT2D eigenvalue weighted by molar-refractivity contribution is 7.89. The molecule has 27 heavy (non-hydrogen) atoms. The van der Waals surface area contributed by atoms with Crippen molar-refractivity contribution in [3.05, 3.63) is 64.2 Å². The number of carbonyl (C=O) groups is 1. The maximum Gasteiger partial charge on any atom is 0.269 e. The lowest BCUT2D eigenvalue weighted by Gasteiger charge is -2.09. The summed E-state index contributed by atoms with van der Waals surface area (Å²) in [6.45, 7) is 2.44. The summed E-state index contributed by atoms with van der Waals surface area (Å²) in [5.41, 5.74) is 0.230. The number of hydrogen-bond acceptors (Lipinski definition) is 6. The maximum absolute atomic E-state index is 12.1. The van der Waals surface area contributed by atoms with Gasteiger partial charge in [-0.15, -0.1) is 0 Å². The molecule has 0 spiro atoms. The predicted molar refractivity (Wildman–Crippen MR) is 98.2 cm³/mol. The zero-order valence-electron chi connectivity index (χ0n) is 14.5. The first kappa shape index (κ1) is 20.3. The van der Waals surface area contributed by atoms with Crippen molar-refractivity contribution in [3.8, 4) is 5.75 Å². The summed E-state index contributed by atoms with van der Waals surface area (Å²) in [4.78, 5) is 21.9. The highest BCUT2D eigenvalue weighted by Gasteiger charge is 2.15. The molecule has 0 bridgehead atoms. The van der Waals surface area contributed by atoms with E-state index in [1.807, 2.05) is 6.92 Å². The van der Waals surface area contributed by atoms with Crippen molar-refractivity contribution < 1.29 is 22.9 Å². The lowest BCUT2D eigenvalue weighted by molar-refractivity contribution is -0.384. The van der Waals surface area contributed by atoms with Gasteiger partial charge in [-0.2, -0.15) is 0 Å². The van der Waals surface area contributed by atoms with Gasteiger partial charge in [0, 0.05) is 30.8 Å². The Morgan fingerprint density at radius 2 is 1.70 bits per heavy atom. The minimum atomic E-state index is -3.82. The second-order valence-electron chi connectivity index (χ2n) is 5.36. The Morgan fingerprint density at radius 3 is 2.26 bits per heavy atom. The molecule has 0 aliphatic heterocycles. The molecule has 0 atom stereocenters. The number of non-ortho nitro benzene ring substituents is 1. The third kappa shape index (κ3) is 5.76. The number of hydrogen-bond donors (Lipinski definition) is 2. The normalized spacial score (nSPS) is 11.0. The number of sulfonamides is 1. The first-order chi connectivity index (χ1) is 12.8. The second kappa shape index (κ2) is 9.10. The van der Waals surface area contributed by atoms with Crippen LogP contribution in [0.5, 0.6) is 5.75 Å². The monoisotopic (exact) mass is 393 g/mol. The smallest absolute Gasteiger partial charge is 0.269 e. The molecule has 144 valence electrons. The Labute approximate surface area is 156 Å². The van der Waals surface area contributed by atoms with Crippen molar-refractivity contribution in [2.24, 2.45) is 0 Å². The average Bonchev–Trinajstić information content (AvgIpc) is 2.66. The van der Waals surface area contributed by atoms with Crippen molar-refractivity contribution in [1.29, 1.82) is 0 Å². The van der Waals surface area contributed by atoms with Crippen LogP contribution in [0.15, 0.2) is 53.4 Å². The Kier molecular flexibility index (Phi) is 6.85. The molecule has 0 aliphatic carbocycles. The number of ether oxygens (including phenoxy) is 1. The summed E-state index contributed by atoms with van der Waals surface area (Å²) >= 11 is 0. The van der Waals surface area contributed by atoms with Crippen LogP contribution in [-0.4, -0.2) is 38.9 Å². The summed E-state index contributed by atoms with van der Waals surface area (Å²) in [5, 5.41) is 13.2. The van der Waals surface area contributed by atoms with E-state index in [1.165, 1.54) is 0 Å². The zero-order valence-corrected chi connectivity index (χ0v) is 15.4. The van der Waals surface area contributed by atoms with E-state index in [9.17, 15) is 23.3 Å². The van der Waals surface area contributed by atoms with E-state index in [0.29, 0.717) is 17.9 Å². The minimum Gasteiger partial charge on any atom is -0.494 e. The Bertz CT molecular complexity index is 895. The van der Waals surface area contributed by atoms with Gasteiger partial charge >= 0.3 is 0 Å². The first-order valence-corrected chi connectivity index (χ1v) is 9.57. The van der Waals surface area contributed by atoms with Crippen molar-refractivity contribution in [2.75, 3.05) is 19.7 Å². The van der Waals surface area contributed by atoms with Gasteiger partial charge in [0.05, 0.1) is 16.4 Å². The Balaban J connectivity index is 1.84. The highest BCUT2D eigenvalue weighted by Crippen LogP contribution is 2.15. The first-order valence-electron chi connectivity index (χ1n) is 8.08. The van der Waals surface area contributed by atoms with Gasteiger partial charge in [-0.1, -0.05) is 0 Å². The standard InChI is InChI=1S/C17H19N3O6S/c1-2-26-15-7-3-13(4-8-15)17(21)18-11-12-19-27(24,25)16-9-5-14(6-10-16)20(22)23/h3-10,19H,2,11-12H2,1H3,(H,18,21). The van der Waals surface area contributed by atoms with E-state index in [0.717, 1.165) is 24.3 Å². The second-order valence-corrected chi connectivity index (χ2v) is 7.13. The van der Waals surface area contributed by atoms with E-state index in [2.05, 4.69) is 10.0 Å². The van der Waals surface area contributed by atoms with Crippen LogP contribution in [0.25, 0.3) is 0 Å². The molecular formula is C17H19N3O6S. The van der Waals surface area contributed by atoms with E-state index < -0.39 is 14.9 Å². The summed E-state index contributed by atoms with van der Waals surface area (Å²) in [6, 6.07) is 11.1. The fourth-order valence-corrected chi connectivity index (χ4v) is 3.19. The molecule has 0 radical (unpaired) electrons. The number of carbonyl (C=O) groups excluding carboxylic acids is 1. The van der Waals surface area contributed by atoms with E-state index in [1.54, 1.807) is 24.3 Å². The summed E-state index contributed by atoms with van der Waals surface area (Å²) in [6.07, 6.45) is 0. The van der Waals surface area contributed by atoms with Crippen LogP contribution in [-0.2, 0) is 10.0 Å². The van der Waals surface area contributed by atoms with Gasteiger partial charge in [-0.3, -0.25) is 14.9 Å². The number of benzene rings is 2. The number of rotatable bonds is 9. The van der Waals surface area contributed by atoms with Gasteiger partial charge in [0.15, 0.2) is 0 Å². The molecule has 0 heterocycles. The molecule has 2 N–H and O–H groups in total. The highest BCUT2D eigenvalue weighted by atomic mass is 32.2.